The van der Waals surface area contributed by atoms with Crippen molar-refractivity contribution in [2.24, 2.45) is 0 Å². The second-order valence-corrected chi connectivity index (χ2v) is 10.2. The third-order valence-electron chi connectivity index (χ3n) is 6.22. The number of rotatable bonds is 13. The summed E-state index contributed by atoms with van der Waals surface area (Å²) < 4.78 is 61.0. The van der Waals surface area contributed by atoms with Crippen molar-refractivity contribution in [1.82, 2.24) is 0 Å². The lowest BCUT2D eigenvalue weighted by atomic mass is 9.96. The molecule has 2 saturated heterocycles. The van der Waals surface area contributed by atoms with Gasteiger partial charge in [0.15, 0.2) is 43.1 Å². The van der Waals surface area contributed by atoms with E-state index < -0.39 is 116 Å². The first kappa shape index (κ1) is 38.9. The molecular weight excluding hydrogens is 636 g/mol. The SMILES string of the molecule is C#CCO[C@H]1O[C@H](COC(C)=O)[C@@H](O[C@H]2O[C@H](COC(C)=O)[C@@H](OC(C)=O)[C@H](OC(C)=O)[C@H]2OC(C)=O)[C@H](OC(C)=O)[C@H]1OC(C)=O. The lowest BCUT2D eigenvalue weighted by Gasteiger charge is -2.48. The maximum Gasteiger partial charge on any atom is 0.303 e. The van der Waals surface area contributed by atoms with Gasteiger partial charge < -0.3 is 52.1 Å². The molecule has 10 atom stereocenters. The van der Waals surface area contributed by atoms with Gasteiger partial charge in [-0.25, -0.2) is 0 Å². The van der Waals surface area contributed by atoms with Gasteiger partial charge in [-0.05, 0) is 0 Å². The van der Waals surface area contributed by atoms with Crippen LogP contribution in [0.2, 0.25) is 0 Å². The normalized spacial score (nSPS) is 30.0. The van der Waals surface area contributed by atoms with Gasteiger partial charge in [-0.3, -0.25) is 33.6 Å². The standard InChI is InChI=1S/C29H38O18/c1-9-10-37-28-26(43-18(7)35)25(42-17(6)34)23(21(45-28)12-39-14(3)31)47-29-27(44-19(8)36)24(41-16(5)33)22(40-15(4)32)20(46-29)11-38-13(2)30/h1,20-29H,10-12H2,2-8H3/t20-,21-,22-,23-,24+,25+,26-,27-,28+,29-/m1/s1. The predicted molar refractivity (Wildman–Crippen MR) is 148 cm³/mol. The van der Waals surface area contributed by atoms with Gasteiger partial charge in [0.25, 0.3) is 0 Å². The summed E-state index contributed by atoms with van der Waals surface area (Å²) in [6.07, 6.45) is -10.2. The van der Waals surface area contributed by atoms with Crippen molar-refractivity contribution in [3.63, 3.8) is 0 Å². The monoisotopic (exact) mass is 674 g/mol. The van der Waals surface area contributed by atoms with Crippen molar-refractivity contribution < 1.29 is 85.7 Å². The lowest BCUT2D eigenvalue weighted by molar-refractivity contribution is -0.360. The van der Waals surface area contributed by atoms with E-state index in [-0.39, 0.29) is 6.61 Å². The fourth-order valence-electron chi connectivity index (χ4n) is 4.74. The smallest absolute Gasteiger partial charge is 0.303 e. The molecule has 0 amide bonds. The fourth-order valence-corrected chi connectivity index (χ4v) is 4.74. The van der Waals surface area contributed by atoms with Crippen LogP contribution in [0.1, 0.15) is 48.5 Å². The maximum absolute atomic E-state index is 12.3. The molecule has 0 spiro atoms. The highest BCUT2D eigenvalue weighted by Crippen LogP contribution is 2.35. The molecule has 18 heteroatoms. The molecule has 0 aliphatic carbocycles. The van der Waals surface area contributed by atoms with Crippen LogP contribution in [0.4, 0.5) is 0 Å². The molecule has 0 aromatic carbocycles. The molecule has 0 radical (unpaired) electrons. The van der Waals surface area contributed by atoms with Crippen molar-refractivity contribution in [3.8, 4) is 12.3 Å². The Morgan fingerprint density at radius 3 is 1.30 bits per heavy atom. The number of hydrogen-bond donors (Lipinski definition) is 0. The zero-order valence-electron chi connectivity index (χ0n) is 26.8. The maximum atomic E-state index is 12.3. The average molecular weight is 675 g/mol. The summed E-state index contributed by atoms with van der Waals surface area (Å²) in [6.45, 7) is 5.94. The van der Waals surface area contributed by atoms with Crippen LogP contribution in [0.3, 0.4) is 0 Å². The number of ether oxygens (including phenoxy) is 11. The molecule has 0 unspecified atom stereocenters. The first-order chi connectivity index (χ1) is 22.0. The molecule has 0 aromatic heterocycles. The third kappa shape index (κ3) is 12.1. The zero-order chi connectivity index (χ0) is 35.4. The topological polar surface area (TPSA) is 221 Å². The van der Waals surface area contributed by atoms with Crippen LogP contribution < -0.4 is 0 Å². The summed E-state index contributed by atoms with van der Waals surface area (Å²) in [7, 11) is 0. The molecule has 18 nitrogen and oxygen atoms in total. The number of esters is 7. The molecule has 2 aliphatic rings. The summed E-state index contributed by atoms with van der Waals surface area (Å²) in [5.41, 5.74) is 0. The molecule has 0 saturated carbocycles. The van der Waals surface area contributed by atoms with Crippen LogP contribution in [-0.2, 0) is 85.7 Å². The number of hydrogen-bond acceptors (Lipinski definition) is 18. The Balaban J connectivity index is 2.72. The molecule has 0 aromatic rings. The highest BCUT2D eigenvalue weighted by Gasteiger charge is 2.57. The number of carbonyl (C=O) groups excluding carboxylic acids is 7. The molecule has 2 aliphatic heterocycles. The highest BCUT2D eigenvalue weighted by atomic mass is 16.8. The van der Waals surface area contributed by atoms with E-state index in [9.17, 15) is 33.6 Å². The second kappa shape index (κ2) is 18.1. The van der Waals surface area contributed by atoms with Crippen molar-refractivity contribution in [3.05, 3.63) is 0 Å². The molecule has 262 valence electrons. The summed E-state index contributed by atoms with van der Waals surface area (Å²) in [5.74, 6) is -3.68. The number of carbonyl (C=O) groups is 7. The summed E-state index contributed by atoms with van der Waals surface area (Å²) in [6, 6.07) is 0. The van der Waals surface area contributed by atoms with Gasteiger partial charge in [0.2, 0.25) is 0 Å². The van der Waals surface area contributed by atoms with Crippen molar-refractivity contribution in [2.45, 2.75) is 110 Å². The Labute approximate surface area is 269 Å². The van der Waals surface area contributed by atoms with Crippen LogP contribution in [-0.4, -0.2) is 123 Å². The summed E-state index contributed by atoms with van der Waals surface area (Å²) >= 11 is 0. The first-order valence-corrected chi connectivity index (χ1v) is 14.2. The Morgan fingerprint density at radius 1 is 0.511 bits per heavy atom. The minimum Gasteiger partial charge on any atom is -0.463 e. The van der Waals surface area contributed by atoms with Crippen molar-refractivity contribution >= 4 is 41.8 Å². The van der Waals surface area contributed by atoms with E-state index in [4.69, 9.17) is 58.5 Å². The number of terminal acetylenes is 1. The quantitative estimate of drug-likeness (QED) is 0.133. The van der Waals surface area contributed by atoms with Gasteiger partial charge in [0.1, 0.15) is 38.1 Å². The highest BCUT2D eigenvalue weighted by molar-refractivity contribution is 5.69. The Kier molecular flexibility index (Phi) is 15.0. The molecule has 2 heterocycles. The van der Waals surface area contributed by atoms with Gasteiger partial charge in [-0.2, -0.15) is 0 Å². The predicted octanol–water partition coefficient (Wildman–Crippen LogP) is -0.744. The fraction of sp³-hybridized carbons (Fsp3) is 0.690. The average Bonchev–Trinajstić information content (AvgIpc) is 2.94. The van der Waals surface area contributed by atoms with E-state index in [2.05, 4.69) is 5.92 Å². The van der Waals surface area contributed by atoms with Gasteiger partial charge in [-0.15, -0.1) is 6.42 Å². The van der Waals surface area contributed by atoms with E-state index >= 15 is 0 Å². The molecule has 2 rings (SSSR count). The van der Waals surface area contributed by atoms with E-state index in [1.165, 1.54) is 0 Å². The van der Waals surface area contributed by atoms with Crippen molar-refractivity contribution in [1.29, 1.82) is 0 Å². The van der Waals surface area contributed by atoms with Crippen LogP contribution >= 0.6 is 0 Å². The minimum atomic E-state index is -1.79. The zero-order valence-corrected chi connectivity index (χ0v) is 26.8. The first-order valence-electron chi connectivity index (χ1n) is 14.2. The van der Waals surface area contributed by atoms with Gasteiger partial charge >= 0.3 is 41.8 Å². The van der Waals surface area contributed by atoms with Crippen molar-refractivity contribution in [2.75, 3.05) is 19.8 Å². The molecule has 2 fully saturated rings. The van der Waals surface area contributed by atoms with E-state index in [1.54, 1.807) is 0 Å². The van der Waals surface area contributed by atoms with E-state index in [0.29, 0.717) is 0 Å². The van der Waals surface area contributed by atoms with E-state index in [0.717, 1.165) is 48.5 Å². The molecule has 47 heavy (non-hydrogen) atoms. The van der Waals surface area contributed by atoms with Crippen LogP contribution in [0.15, 0.2) is 0 Å². The van der Waals surface area contributed by atoms with Crippen LogP contribution in [0.5, 0.6) is 0 Å². The van der Waals surface area contributed by atoms with Gasteiger partial charge in [0.05, 0.1) is 0 Å². The summed E-state index contributed by atoms with van der Waals surface area (Å²) in [5, 5.41) is 0. The largest absolute Gasteiger partial charge is 0.463 e. The molecule has 0 bridgehead atoms. The Morgan fingerprint density at radius 2 is 0.872 bits per heavy atom. The second-order valence-electron chi connectivity index (χ2n) is 10.2. The third-order valence-corrected chi connectivity index (χ3v) is 6.22. The lowest BCUT2D eigenvalue weighted by Crippen LogP contribution is -2.67. The minimum absolute atomic E-state index is 0.347. The summed E-state index contributed by atoms with van der Waals surface area (Å²) in [4.78, 5) is 84.5. The molecular formula is C29H38O18. The van der Waals surface area contributed by atoms with Gasteiger partial charge in [0, 0.05) is 48.5 Å². The van der Waals surface area contributed by atoms with Gasteiger partial charge in [-0.1, -0.05) is 5.92 Å². The van der Waals surface area contributed by atoms with Crippen LogP contribution in [0.25, 0.3) is 0 Å². The van der Waals surface area contributed by atoms with E-state index in [1.807, 2.05) is 0 Å². The van der Waals surface area contributed by atoms with Crippen LogP contribution in [0, 0.1) is 12.3 Å². The Hall–Kier alpha value is -4.31. The molecule has 0 N–H and O–H groups in total. The Bertz CT molecular complexity index is 1210.